The fourth-order valence-electron chi connectivity index (χ4n) is 2.42. The summed E-state index contributed by atoms with van der Waals surface area (Å²) in [4.78, 5) is 12.1. The summed E-state index contributed by atoms with van der Waals surface area (Å²) in [7, 11) is 0. The first-order chi connectivity index (χ1) is 12.0. The van der Waals surface area contributed by atoms with Gasteiger partial charge in [-0.25, -0.2) is 8.78 Å². The molecule has 0 bridgehead atoms. The molecule has 0 saturated heterocycles. The number of benzene rings is 1. The number of alkyl halides is 2. The predicted octanol–water partition coefficient (Wildman–Crippen LogP) is 3.01. The van der Waals surface area contributed by atoms with Gasteiger partial charge in [0.1, 0.15) is 12.2 Å². The predicted molar refractivity (Wildman–Crippen MR) is 88.3 cm³/mol. The Bertz CT molecular complexity index is 857. The van der Waals surface area contributed by atoms with Crippen LogP contribution in [0.1, 0.15) is 23.4 Å². The second-order valence-electron chi connectivity index (χ2n) is 5.63. The number of halogens is 2. The standard InChI is InChI=1S/C17H17F2N5O/c1-12-7-15(17(18)19)22-24(12)11-16(25)21-14-8-20-23(10-14)9-13-5-3-2-4-6-13/h2-8,10,17H,9,11H2,1H3,(H,21,25). The molecule has 2 heterocycles. The maximum Gasteiger partial charge on any atom is 0.282 e. The fraction of sp³-hybridized carbons (Fsp3) is 0.235. The average Bonchev–Trinajstić information content (AvgIpc) is 3.15. The number of hydrogen-bond donors (Lipinski definition) is 1. The minimum atomic E-state index is -2.65. The zero-order chi connectivity index (χ0) is 17.8. The van der Waals surface area contributed by atoms with Gasteiger partial charge >= 0.3 is 0 Å². The van der Waals surface area contributed by atoms with Crippen molar-refractivity contribution in [1.29, 1.82) is 0 Å². The molecule has 0 saturated carbocycles. The fourth-order valence-corrected chi connectivity index (χ4v) is 2.42. The molecule has 0 atom stereocenters. The minimum Gasteiger partial charge on any atom is -0.322 e. The third-order valence-electron chi connectivity index (χ3n) is 3.62. The van der Waals surface area contributed by atoms with Gasteiger partial charge in [-0.05, 0) is 18.6 Å². The van der Waals surface area contributed by atoms with E-state index in [1.807, 2.05) is 30.3 Å². The quantitative estimate of drug-likeness (QED) is 0.747. The SMILES string of the molecule is Cc1cc(C(F)F)nn1CC(=O)Nc1cnn(Cc2ccccc2)c1. The third-order valence-corrected chi connectivity index (χ3v) is 3.62. The highest BCUT2D eigenvalue weighted by molar-refractivity contribution is 5.90. The Morgan fingerprint density at radius 2 is 2.04 bits per heavy atom. The Kier molecular flexibility index (Phi) is 4.87. The van der Waals surface area contributed by atoms with E-state index in [0.717, 1.165) is 5.56 Å². The van der Waals surface area contributed by atoms with Crippen molar-refractivity contribution in [3.05, 3.63) is 65.7 Å². The number of carbonyl (C=O) groups excluding carboxylic acids is 1. The number of rotatable bonds is 6. The smallest absolute Gasteiger partial charge is 0.282 e. The van der Waals surface area contributed by atoms with Crippen LogP contribution in [0.25, 0.3) is 0 Å². The van der Waals surface area contributed by atoms with Crippen molar-refractivity contribution in [2.45, 2.75) is 26.4 Å². The van der Waals surface area contributed by atoms with Crippen LogP contribution >= 0.6 is 0 Å². The summed E-state index contributed by atoms with van der Waals surface area (Å²) in [5.74, 6) is -0.355. The number of carbonyl (C=O) groups is 1. The van der Waals surface area contributed by atoms with Crippen LogP contribution in [0, 0.1) is 6.92 Å². The van der Waals surface area contributed by atoms with Crippen LogP contribution < -0.4 is 5.32 Å². The van der Waals surface area contributed by atoms with Crippen molar-refractivity contribution in [3.8, 4) is 0 Å². The van der Waals surface area contributed by atoms with Gasteiger partial charge < -0.3 is 5.32 Å². The van der Waals surface area contributed by atoms with Crippen LogP contribution in [0.15, 0.2) is 48.8 Å². The van der Waals surface area contributed by atoms with E-state index < -0.39 is 6.43 Å². The Morgan fingerprint density at radius 3 is 2.72 bits per heavy atom. The van der Waals surface area contributed by atoms with Crippen LogP contribution in [0.3, 0.4) is 0 Å². The molecule has 1 N–H and O–H groups in total. The Hall–Kier alpha value is -3.03. The van der Waals surface area contributed by atoms with E-state index in [0.29, 0.717) is 17.9 Å². The summed E-state index contributed by atoms with van der Waals surface area (Å²) in [5, 5.41) is 10.6. The molecule has 1 amide bonds. The number of hydrogen-bond acceptors (Lipinski definition) is 3. The molecule has 130 valence electrons. The van der Waals surface area contributed by atoms with Gasteiger partial charge in [0, 0.05) is 11.9 Å². The Morgan fingerprint density at radius 1 is 1.28 bits per heavy atom. The third kappa shape index (κ3) is 4.28. The molecule has 0 aliphatic carbocycles. The number of amides is 1. The summed E-state index contributed by atoms with van der Waals surface area (Å²) < 4.78 is 28.2. The van der Waals surface area contributed by atoms with Crippen molar-refractivity contribution in [2.24, 2.45) is 0 Å². The molecule has 8 heteroatoms. The summed E-state index contributed by atoms with van der Waals surface area (Å²) in [6.07, 6.45) is 0.603. The van der Waals surface area contributed by atoms with E-state index in [-0.39, 0.29) is 18.1 Å². The van der Waals surface area contributed by atoms with Gasteiger partial charge in [0.25, 0.3) is 6.43 Å². The molecular weight excluding hydrogens is 328 g/mol. The van der Waals surface area contributed by atoms with Crippen LogP contribution in [-0.4, -0.2) is 25.5 Å². The van der Waals surface area contributed by atoms with Crippen LogP contribution in [0.5, 0.6) is 0 Å². The zero-order valence-corrected chi connectivity index (χ0v) is 13.6. The molecule has 0 spiro atoms. The Labute approximate surface area is 143 Å². The normalized spacial score (nSPS) is 11.0. The first-order valence-electron chi connectivity index (χ1n) is 7.70. The maximum atomic E-state index is 12.6. The van der Waals surface area contributed by atoms with Crippen LogP contribution in [-0.2, 0) is 17.9 Å². The Balaban J connectivity index is 1.60. The van der Waals surface area contributed by atoms with Gasteiger partial charge in [-0.1, -0.05) is 30.3 Å². The molecule has 2 aromatic heterocycles. The van der Waals surface area contributed by atoms with Gasteiger partial charge in [-0.15, -0.1) is 0 Å². The van der Waals surface area contributed by atoms with Crippen molar-refractivity contribution < 1.29 is 13.6 Å². The molecule has 0 radical (unpaired) electrons. The largest absolute Gasteiger partial charge is 0.322 e. The molecular formula is C17H17F2N5O. The lowest BCUT2D eigenvalue weighted by atomic mass is 10.2. The topological polar surface area (TPSA) is 64.7 Å². The first-order valence-corrected chi connectivity index (χ1v) is 7.70. The molecule has 0 aliphatic heterocycles. The average molecular weight is 345 g/mol. The van der Waals surface area contributed by atoms with E-state index in [1.54, 1.807) is 24.0 Å². The molecule has 0 unspecified atom stereocenters. The van der Waals surface area contributed by atoms with E-state index >= 15 is 0 Å². The van der Waals surface area contributed by atoms with E-state index in [2.05, 4.69) is 15.5 Å². The molecule has 25 heavy (non-hydrogen) atoms. The van der Waals surface area contributed by atoms with Crippen LogP contribution in [0.2, 0.25) is 0 Å². The van der Waals surface area contributed by atoms with Crippen molar-refractivity contribution in [1.82, 2.24) is 19.6 Å². The van der Waals surface area contributed by atoms with Gasteiger partial charge in [-0.2, -0.15) is 10.2 Å². The van der Waals surface area contributed by atoms with Crippen molar-refractivity contribution in [2.75, 3.05) is 5.32 Å². The molecule has 1 aromatic carbocycles. The molecule has 0 aliphatic rings. The van der Waals surface area contributed by atoms with Crippen molar-refractivity contribution in [3.63, 3.8) is 0 Å². The highest BCUT2D eigenvalue weighted by Gasteiger charge is 2.15. The molecule has 3 rings (SSSR count). The monoisotopic (exact) mass is 345 g/mol. The lowest BCUT2D eigenvalue weighted by Crippen LogP contribution is -2.20. The summed E-state index contributed by atoms with van der Waals surface area (Å²) in [6, 6.07) is 11.1. The minimum absolute atomic E-state index is 0.136. The van der Waals surface area contributed by atoms with E-state index in [9.17, 15) is 13.6 Å². The van der Waals surface area contributed by atoms with E-state index in [1.165, 1.54) is 10.7 Å². The number of nitrogens with one attached hydrogen (secondary N) is 1. The first kappa shape index (κ1) is 16.8. The second-order valence-corrected chi connectivity index (χ2v) is 5.63. The van der Waals surface area contributed by atoms with E-state index in [4.69, 9.17) is 0 Å². The molecule has 0 fully saturated rings. The summed E-state index contributed by atoms with van der Waals surface area (Å²) >= 11 is 0. The van der Waals surface area contributed by atoms with Gasteiger partial charge in [0.15, 0.2) is 0 Å². The zero-order valence-electron chi connectivity index (χ0n) is 13.6. The van der Waals surface area contributed by atoms with Gasteiger partial charge in [0.2, 0.25) is 5.91 Å². The highest BCUT2D eigenvalue weighted by Crippen LogP contribution is 2.18. The maximum absolute atomic E-state index is 12.6. The number of aryl methyl sites for hydroxylation is 1. The van der Waals surface area contributed by atoms with Crippen molar-refractivity contribution >= 4 is 11.6 Å². The molecule has 6 nitrogen and oxygen atoms in total. The number of nitrogens with zero attached hydrogens (tertiary/aromatic N) is 4. The highest BCUT2D eigenvalue weighted by atomic mass is 19.3. The van der Waals surface area contributed by atoms with Crippen LogP contribution in [0.4, 0.5) is 14.5 Å². The lowest BCUT2D eigenvalue weighted by Gasteiger charge is -2.05. The number of anilines is 1. The number of aromatic nitrogens is 4. The lowest BCUT2D eigenvalue weighted by molar-refractivity contribution is -0.117. The summed E-state index contributed by atoms with van der Waals surface area (Å²) in [6.45, 7) is 2.08. The van der Waals surface area contributed by atoms with Gasteiger partial charge in [-0.3, -0.25) is 14.2 Å². The molecule has 3 aromatic rings. The second kappa shape index (κ2) is 7.25. The summed E-state index contributed by atoms with van der Waals surface area (Å²) in [5.41, 5.74) is 1.81. The van der Waals surface area contributed by atoms with Gasteiger partial charge in [0.05, 0.1) is 18.4 Å².